The van der Waals surface area contributed by atoms with Crippen LogP contribution in [0.3, 0.4) is 0 Å². The number of rotatable bonds is 4. The molecule has 0 aromatic rings. The molecule has 0 aliphatic carbocycles. The number of Topliss-reactive ketones (excluding diaryl/α,β-unsaturated/α-hetero) is 1. The average molecular weight is 142 g/mol. The van der Waals surface area contributed by atoms with E-state index in [1.807, 2.05) is 6.92 Å². The van der Waals surface area contributed by atoms with E-state index in [1.54, 1.807) is 6.92 Å². The van der Waals surface area contributed by atoms with Crippen LogP contribution >= 0.6 is 0 Å². The lowest BCUT2D eigenvalue weighted by atomic mass is 10.0. The van der Waals surface area contributed by atoms with E-state index in [0.717, 1.165) is 0 Å². The third-order valence-electron chi connectivity index (χ3n) is 1.53. The summed E-state index contributed by atoms with van der Waals surface area (Å²) in [6, 6.07) is 0. The molecule has 0 spiro atoms. The lowest BCUT2D eigenvalue weighted by molar-refractivity contribution is -0.134. The predicted molar refractivity (Wildman–Crippen MR) is 40.9 cm³/mol. The minimum atomic E-state index is -0.783. The van der Waals surface area contributed by atoms with Gasteiger partial charge in [0.15, 0.2) is 5.78 Å². The first-order valence-electron chi connectivity index (χ1n) is 3.35. The van der Waals surface area contributed by atoms with E-state index in [2.05, 4.69) is 6.58 Å². The van der Waals surface area contributed by atoms with Crippen molar-refractivity contribution in [2.75, 3.05) is 6.61 Å². The first kappa shape index (κ1) is 9.37. The van der Waals surface area contributed by atoms with E-state index >= 15 is 0 Å². The number of carbonyl (C=O) groups is 1. The zero-order valence-electron chi connectivity index (χ0n) is 6.81. The quantitative estimate of drug-likeness (QED) is 0.557. The number of hydrogen-bond acceptors (Lipinski definition) is 2. The maximum atomic E-state index is 10.9. The van der Waals surface area contributed by atoms with Crippen LogP contribution in [-0.4, -0.2) is 18.0 Å². The average Bonchev–Trinajstić information content (AvgIpc) is 1.88. The van der Waals surface area contributed by atoms with Gasteiger partial charge in [0.2, 0.25) is 0 Å². The Morgan fingerprint density at radius 3 is 2.40 bits per heavy atom. The molecule has 1 unspecified atom stereocenters. The molecule has 58 valence electrons. The molecule has 0 saturated carbocycles. The van der Waals surface area contributed by atoms with Crippen LogP contribution in [-0.2, 0) is 9.53 Å². The molecule has 1 atom stereocenters. The minimum Gasteiger partial charge on any atom is -0.364 e. The molecule has 0 amide bonds. The van der Waals surface area contributed by atoms with Gasteiger partial charge in [-0.15, -0.1) is 0 Å². The molecular weight excluding hydrogens is 128 g/mol. The standard InChI is InChI=1S/C8H14O2/c1-5-8(4,7(3)9)10-6-2/h5H,1,6H2,2-4H3. The summed E-state index contributed by atoms with van der Waals surface area (Å²) in [5.74, 6) is -0.00986. The van der Waals surface area contributed by atoms with Gasteiger partial charge in [0.25, 0.3) is 0 Å². The molecule has 0 rings (SSSR count). The third kappa shape index (κ3) is 1.95. The molecule has 2 nitrogen and oxygen atoms in total. The minimum absolute atomic E-state index is 0.00986. The summed E-state index contributed by atoms with van der Waals surface area (Å²) in [5.41, 5.74) is -0.783. The molecule has 0 N–H and O–H groups in total. The molecule has 0 radical (unpaired) electrons. The molecule has 0 saturated heterocycles. The fourth-order valence-electron chi connectivity index (χ4n) is 0.604. The second-order valence-corrected chi connectivity index (χ2v) is 2.30. The van der Waals surface area contributed by atoms with Crippen molar-refractivity contribution in [2.24, 2.45) is 0 Å². The van der Waals surface area contributed by atoms with Crippen LogP contribution in [0, 0.1) is 0 Å². The fraction of sp³-hybridized carbons (Fsp3) is 0.625. The Labute approximate surface area is 61.9 Å². The lowest BCUT2D eigenvalue weighted by Gasteiger charge is -2.21. The van der Waals surface area contributed by atoms with Gasteiger partial charge < -0.3 is 4.74 Å². The van der Waals surface area contributed by atoms with Crippen LogP contribution in [0.1, 0.15) is 20.8 Å². The van der Waals surface area contributed by atoms with E-state index in [1.165, 1.54) is 13.0 Å². The second-order valence-electron chi connectivity index (χ2n) is 2.30. The Morgan fingerprint density at radius 1 is 1.80 bits per heavy atom. The Bertz CT molecular complexity index is 140. The van der Waals surface area contributed by atoms with E-state index in [4.69, 9.17) is 4.74 Å². The summed E-state index contributed by atoms with van der Waals surface area (Å²) in [5, 5.41) is 0. The Balaban J connectivity index is 4.22. The summed E-state index contributed by atoms with van der Waals surface area (Å²) < 4.78 is 5.17. The highest BCUT2D eigenvalue weighted by Gasteiger charge is 2.25. The third-order valence-corrected chi connectivity index (χ3v) is 1.53. The zero-order chi connectivity index (χ0) is 8.20. The molecule has 0 aromatic carbocycles. The summed E-state index contributed by atoms with van der Waals surface area (Å²) >= 11 is 0. The van der Waals surface area contributed by atoms with Gasteiger partial charge in [0, 0.05) is 6.61 Å². The maximum absolute atomic E-state index is 10.9. The number of hydrogen-bond donors (Lipinski definition) is 0. The maximum Gasteiger partial charge on any atom is 0.165 e. The van der Waals surface area contributed by atoms with Gasteiger partial charge in [-0.1, -0.05) is 12.7 Å². The topological polar surface area (TPSA) is 26.3 Å². The predicted octanol–water partition coefficient (Wildman–Crippen LogP) is 1.56. The van der Waals surface area contributed by atoms with E-state index < -0.39 is 5.60 Å². The largest absolute Gasteiger partial charge is 0.364 e. The number of ether oxygens (including phenoxy) is 1. The van der Waals surface area contributed by atoms with Crippen LogP contribution in [0.4, 0.5) is 0 Å². The Morgan fingerprint density at radius 2 is 2.30 bits per heavy atom. The van der Waals surface area contributed by atoms with Crippen LogP contribution in [0.5, 0.6) is 0 Å². The second kappa shape index (κ2) is 3.52. The fourth-order valence-corrected chi connectivity index (χ4v) is 0.604. The van der Waals surface area contributed by atoms with Crippen molar-refractivity contribution in [3.05, 3.63) is 12.7 Å². The molecule has 0 heterocycles. The summed E-state index contributed by atoms with van der Waals surface area (Å²) in [4.78, 5) is 10.9. The molecule has 0 bridgehead atoms. The first-order chi connectivity index (χ1) is 4.56. The summed E-state index contributed by atoms with van der Waals surface area (Å²) in [6.07, 6.45) is 1.53. The summed E-state index contributed by atoms with van der Waals surface area (Å²) in [7, 11) is 0. The van der Waals surface area contributed by atoms with Crippen molar-refractivity contribution >= 4 is 5.78 Å². The van der Waals surface area contributed by atoms with Crippen LogP contribution < -0.4 is 0 Å². The first-order valence-corrected chi connectivity index (χ1v) is 3.35. The van der Waals surface area contributed by atoms with Crippen LogP contribution in [0.25, 0.3) is 0 Å². The van der Waals surface area contributed by atoms with Crippen LogP contribution in [0.2, 0.25) is 0 Å². The van der Waals surface area contributed by atoms with Gasteiger partial charge in [-0.3, -0.25) is 4.79 Å². The summed E-state index contributed by atoms with van der Waals surface area (Å²) in [6.45, 7) is 9.12. The van der Waals surface area contributed by atoms with E-state index in [9.17, 15) is 4.79 Å². The SMILES string of the molecule is C=CC(C)(OCC)C(C)=O. The van der Waals surface area contributed by atoms with Gasteiger partial charge >= 0.3 is 0 Å². The Hall–Kier alpha value is -0.630. The van der Waals surface area contributed by atoms with E-state index in [0.29, 0.717) is 6.61 Å². The normalized spacial score (nSPS) is 15.9. The highest BCUT2D eigenvalue weighted by atomic mass is 16.5. The molecule has 0 fully saturated rings. The highest BCUT2D eigenvalue weighted by molar-refractivity contribution is 5.86. The van der Waals surface area contributed by atoms with Gasteiger partial charge in [-0.05, 0) is 20.8 Å². The lowest BCUT2D eigenvalue weighted by Crippen LogP contribution is -2.34. The van der Waals surface area contributed by atoms with Gasteiger partial charge in [0.1, 0.15) is 5.60 Å². The molecule has 10 heavy (non-hydrogen) atoms. The van der Waals surface area contributed by atoms with Crippen molar-refractivity contribution in [3.63, 3.8) is 0 Å². The monoisotopic (exact) mass is 142 g/mol. The molecule has 0 aliphatic rings. The molecule has 2 heteroatoms. The van der Waals surface area contributed by atoms with E-state index in [-0.39, 0.29) is 5.78 Å². The highest BCUT2D eigenvalue weighted by Crippen LogP contribution is 2.11. The Kier molecular flexibility index (Phi) is 3.30. The van der Waals surface area contributed by atoms with Crippen LogP contribution in [0.15, 0.2) is 12.7 Å². The molecule has 0 aromatic heterocycles. The van der Waals surface area contributed by atoms with Crippen molar-refractivity contribution in [3.8, 4) is 0 Å². The molecule has 0 aliphatic heterocycles. The molecular formula is C8H14O2. The van der Waals surface area contributed by atoms with Crippen molar-refractivity contribution in [1.29, 1.82) is 0 Å². The zero-order valence-corrected chi connectivity index (χ0v) is 6.81. The van der Waals surface area contributed by atoms with Gasteiger partial charge in [0.05, 0.1) is 0 Å². The van der Waals surface area contributed by atoms with Gasteiger partial charge in [-0.2, -0.15) is 0 Å². The smallest absolute Gasteiger partial charge is 0.165 e. The van der Waals surface area contributed by atoms with Crippen molar-refractivity contribution in [2.45, 2.75) is 26.4 Å². The van der Waals surface area contributed by atoms with Crippen molar-refractivity contribution < 1.29 is 9.53 Å². The number of ketones is 1. The number of carbonyl (C=O) groups excluding carboxylic acids is 1. The van der Waals surface area contributed by atoms with Gasteiger partial charge in [-0.25, -0.2) is 0 Å². The van der Waals surface area contributed by atoms with Crippen molar-refractivity contribution in [1.82, 2.24) is 0 Å².